The van der Waals surface area contributed by atoms with Crippen molar-refractivity contribution in [3.63, 3.8) is 0 Å². The molecule has 0 aromatic carbocycles. The fourth-order valence-electron chi connectivity index (χ4n) is 0.147. The lowest BCUT2D eigenvalue weighted by Crippen LogP contribution is -2.12. The summed E-state index contributed by atoms with van der Waals surface area (Å²) in [5, 5.41) is 2.48. The van der Waals surface area contributed by atoms with Crippen molar-refractivity contribution < 1.29 is 13.6 Å². The number of nitrogens with one attached hydrogen (secondary N) is 1. The summed E-state index contributed by atoms with van der Waals surface area (Å²) in [6.45, 7) is -0.711. The van der Waals surface area contributed by atoms with Crippen molar-refractivity contribution in [1.82, 2.24) is 0 Å². The first-order chi connectivity index (χ1) is 3.68. The Morgan fingerprint density at radius 2 is 2.25 bits per heavy atom. The molecule has 0 saturated heterocycles. The molecule has 0 aliphatic rings. The zero-order chi connectivity index (χ0) is 6.57. The summed E-state index contributed by atoms with van der Waals surface area (Å²) in [4.78, 5) is 9.78. The summed E-state index contributed by atoms with van der Waals surface area (Å²) in [6.07, 6.45) is -2.98. The molecule has 0 unspecified atom stereocenters. The molecule has 46 valence electrons. The molecule has 0 aromatic rings. The van der Waals surface area contributed by atoms with Gasteiger partial charge < -0.3 is 0 Å². The van der Waals surface area contributed by atoms with Crippen LogP contribution >= 0.6 is 0 Å². The van der Waals surface area contributed by atoms with Gasteiger partial charge in [0, 0.05) is 0 Å². The molecule has 0 fully saturated rings. The van der Waals surface area contributed by atoms with Gasteiger partial charge in [-0.2, -0.15) is 5.11 Å². The molecule has 3 nitrogen and oxygen atoms in total. The van der Waals surface area contributed by atoms with Crippen LogP contribution in [-0.2, 0) is 4.79 Å². The molecule has 0 aliphatic carbocycles. The van der Waals surface area contributed by atoms with E-state index in [1.165, 1.54) is 0 Å². The van der Waals surface area contributed by atoms with E-state index in [-0.39, 0.29) is 0 Å². The van der Waals surface area contributed by atoms with Crippen LogP contribution in [-0.4, -0.2) is 18.8 Å². The van der Waals surface area contributed by atoms with Gasteiger partial charge in [-0.3, -0.25) is 4.79 Å². The maximum absolute atomic E-state index is 11.1. The van der Waals surface area contributed by atoms with Gasteiger partial charge in [-0.05, 0) is 0 Å². The Morgan fingerprint density at radius 1 is 1.75 bits per heavy atom. The van der Waals surface area contributed by atoms with Gasteiger partial charge in [-0.1, -0.05) is 0 Å². The minimum Gasteiger partial charge on any atom is -0.291 e. The van der Waals surface area contributed by atoms with E-state index in [9.17, 15) is 13.6 Å². The van der Waals surface area contributed by atoms with Gasteiger partial charge in [0.2, 0.25) is 5.78 Å². The van der Waals surface area contributed by atoms with Crippen LogP contribution in [0.3, 0.4) is 0 Å². The highest BCUT2D eigenvalue weighted by molar-refractivity contribution is 5.83. The Kier molecular flexibility index (Phi) is 2.83. The smallest absolute Gasteiger partial charge is 0.291 e. The maximum Gasteiger partial charge on any atom is 0.297 e. The number of carbonyl (C=O) groups is 1. The van der Waals surface area contributed by atoms with Crippen molar-refractivity contribution in [2.24, 2.45) is 5.11 Å². The van der Waals surface area contributed by atoms with E-state index in [0.29, 0.717) is 0 Å². The largest absolute Gasteiger partial charge is 0.297 e. The van der Waals surface area contributed by atoms with E-state index in [4.69, 9.17) is 5.53 Å². The topological polar surface area (TPSA) is 53.3 Å². The average Bonchev–Trinajstić information content (AvgIpc) is 1.67. The molecule has 0 heterocycles. The SMILES string of the molecule is N=NCC(=O)C(F)F. The summed E-state index contributed by atoms with van der Waals surface area (Å²) < 4.78 is 22.2. The molecule has 0 amide bonds. The third kappa shape index (κ3) is 2.33. The lowest BCUT2D eigenvalue weighted by atomic mass is 10.4. The number of ketones is 1. The number of hydrogen-bond acceptors (Lipinski definition) is 3. The van der Waals surface area contributed by atoms with E-state index in [1.54, 1.807) is 0 Å². The van der Waals surface area contributed by atoms with E-state index in [0.717, 1.165) is 0 Å². The molecule has 0 aliphatic heterocycles. The molecule has 0 aromatic heterocycles. The summed E-state index contributed by atoms with van der Waals surface area (Å²) in [5.74, 6) is -1.31. The molecular weight excluding hydrogens is 118 g/mol. The molecule has 0 bridgehead atoms. The highest BCUT2D eigenvalue weighted by Gasteiger charge is 2.13. The number of hydrogen-bond donors (Lipinski definition) is 1. The van der Waals surface area contributed by atoms with Crippen molar-refractivity contribution in [2.75, 3.05) is 6.54 Å². The van der Waals surface area contributed by atoms with Crippen molar-refractivity contribution in [2.45, 2.75) is 6.43 Å². The number of Topliss-reactive ketones (excluding diaryl/α,β-unsaturated/α-hetero) is 1. The molecule has 0 spiro atoms. The predicted octanol–water partition coefficient (Wildman–Crippen LogP) is 0.852. The van der Waals surface area contributed by atoms with Gasteiger partial charge in [0.1, 0.15) is 6.54 Å². The van der Waals surface area contributed by atoms with E-state index in [1.807, 2.05) is 0 Å². The molecule has 0 radical (unpaired) electrons. The number of alkyl halides is 2. The van der Waals surface area contributed by atoms with Gasteiger partial charge in [-0.15, -0.1) is 0 Å². The summed E-state index contributed by atoms with van der Waals surface area (Å²) in [6, 6.07) is 0. The normalized spacial score (nSPS) is 9.38. The minimum atomic E-state index is -2.98. The first-order valence-electron chi connectivity index (χ1n) is 1.82. The van der Waals surface area contributed by atoms with Crippen LogP contribution in [0, 0.1) is 5.53 Å². The first kappa shape index (κ1) is 7.13. The standard InChI is InChI=1S/C3H4F2N2O/c4-3(5)2(8)1-7-6/h3,6H,1H2. The predicted molar refractivity (Wildman–Crippen MR) is 21.0 cm³/mol. The van der Waals surface area contributed by atoms with Gasteiger partial charge in [-0.25, -0.2) is 14.3 Å². The number of nitrogens with zero attached hydrogens (tertiary/aromatic N) is 1. The van der Waals surface area contributed by atoms with Crippen molar-refractivity contribution in [3.8, 4) is 0 Å². The molecule has 5 heteroatoms. The summed E-state index contributed by atoms with van der Waals surface area (Å²) in [7, 11) is 0. The maximum atomic E-state index is 11.1. The summed E-state index contributed by atoms with van der Waals surface area (Å²) in [5.41, 5.74) is 6.00. The Hall–Kier alpha value is -0.870. The van der Waals surface area contributed by atoms with Crippen LogP contribution in [0.15, 0.2) is 5.11 Å². The third-order valence-corrected chi connectivity index (χ3v) is 0.478. The van der Waals surface area contributed by atoms with Crippen LogP contribution < -0.4 is 0 Å². The second-order valence-corrected chi connectivity index (χ2v) is 1.08. The van der Waals surface area contributed by atoms with Crippen molar-refractivity contribution in [3.05, 3.63) is 0 Å². The zero-order valence-electron chi connectivity index (χ0n) is 3.90. The summed E-state index contributed by atoms with van der Waals surface area (Å²) >= 11 is 0. The Bertz CT molecular complexity index is 103. The van der Waals surface area contributed by atoms with E-state index < -0.39 is 18.8 Å². The second kappa shape index (κ2) is 3.17. The Morgan fingerprint density at radius 3 is 2.38 bits per heavy atom. The fraction of sp³-hybridized carbons (Fsp3) is 0.667. The minimum absolute atomic E-state index is 0.711. The Balaban J connectivity index is 3.48. The average molecular weight is 122 g/mol. The van der Waals surface area contributed by atoms with E-state index >= 15 is 0 Å². The fourth-order valence-corrected chi connectivity index (χ4v) is 0.147. The van der Waals surface area contributed by atoms with Gasteiger partial charge in [0.15, 0.2) is 0 Å². The Labute approximate surface area is 44.2 Å². The molecule has 1 N–H and O–H groups in total. The monoisotopic (exact) mass is 122 g/mol. The zero-order valence-corrected chi connectivity index (χ0v) is 3.90. The van der Waals surface area contributed by atoms with Crippen LogP contribution in [0.1, 0.15) is 0 Å². The second-order valence-electron chi connectivity index (χ2n) is 1.08. The van der Waals surface area contributed by atoms with Crippen LogP contribution in [0.4, 0.5) is 8.78 Å². The molecule has 8 heavy (non-hydrogen) atoms. The molecule has 0 saturated carbocycles. The van der Waals surface area contributed by atoms with Crippen molar-refractivity contribution in [1.29, 1.82) is 5.53 Å². The van der Waals surface area contributed by atoms with Crippen LogP contribution in [0.25, 0.3) is 0 Å². The highest BCUT2D eigenvalue weighted by atomic mass is 19.3. The number of rotatable bonds is 3. The molecular formula is C3H4F2N2O. The quantitative estimate of drug-likeness (QED) is 0.554. The van der Waals surface area contributed by atoms with Crippen LogP contribution in [0.2, 0.25) is 0 Å². The third-order valence-electron chi connectivity index (χ3n) is 0.478. The van der Waals surface area contributed by atoms with Gasteiger partial charge in [0.25, 0.3) is 6.43 Å². The number of carbonyl (C=O) groups excluding carboxylic acids is 1. The molecule has 0 rings (SSSR count). The number of halogens is 2. The van der Waals surface area contributed by atoms with Crippen LogP contribution in [0.5, 0.6) is 0 Å². The lowest BCUT2D eigenvalue weighted by Gasteiger charge is -1.88. The van der Waals surface area contributed by atoms with Crippen molar-refractivity contribution >= 4 is 5.78 Å². The first-order valence-corrected chi connectivity index (χ1v) is 1.82. The highest BCUT2D eigenvalue weighted by Crippen LogP contribution is 1.92. The van der Waals surface area contributed by atoms with E-state index in [2.05, 4.69) is 5.11 Å². The van der Waals surface area contributed by atoms with Gasteiger partial charge in [0.05, 0.1) is 0 Å². The van der Waals surface area contributed by atoms with Gasteiger partial charge >= 0.3 is 0 Å². The lowest BCUT2D eigenvalue weighted by molar-refractivity contribution is -0.128. The molecule has 0 atom stereocenters.